The van der Waals surface area contributed by atoms with Gasteiger partial charge < -0.3 is 15.0 Å². The average molecular weight is 210 g/mol. The summed E-state index contributed by atoms with van der Waals surface area (Å²) in [5, 5.41) is 3.08. The molecule has 1 heterocycles. The van der Waals surface area contributed by atoms with Gasteiger partial charge in [0.25, 0.3) is 0 Å². The van der Waals surface area contributed by atoms with Crippen molar-refractivity contribution in [2.24, 2.45) is 0 Å². The van der Waals surface area contributed by atoms with Crippen LogP contribution >= 0.6 is 0 Å². The molecule has 0 spiro atoms. The first kappa shape index (κ1) is 10.2. The largest absolute Gasteiger partial charge is 0.383 e. The van der Waals surface area contributed by atoms with Crippen LogP contribution in [-0.4, -0.2) is 33.4 Å². The van der Waals surface area contributed by atoms with E-state index in [1.54, 1.807) is 13.2 Å². The van der Waals surface area contributed by atoms with Crippen LogP contribution in [0.4, 0.5) is 15.8 Å². The Morgan fingerprint density at radius 1 is 1.53 bits per heavy atom. The number of benzene rings is 1. The van der Waals surface area contributed by atoms with Gasteiger partial charge in [-0.15, -0.1) is 0 Å². The van der Waals surface area contributed by atoms with E-state index in [4.69, 9.17) is 4.74 Å². The smallest absolute Gasteiger partial charge is 0.148 e. The van der Waals surface area contributed by atoms with Gasteiger partial charge in [-0.25, -0.2) is 4.39 Å². The molecule has 15 heavy (non-hydrogen) atoms. The van der Waals surface area contributed by atoms with Gasteiger partial charge in [0.2, 0.25) is 0 Å². The molecular weight excluding hydrogens is 195 g/mol. The second-order valence-electron chi connectivity index (χ2n) is 3.54. The first-order valence-corrected chi connectivity index (χ1v) is 5.09. The highest BCUT2D eigenvalue weighted by Crippen LogP contribution is 2.30. The number of anilines is 2. The summed E-state index contributed by atoms with van der Waals surface area (Å²) < 4.78 is 18.5. The van der Waals surface area contributed by atoms with Gasteiger partial charge in [0, 0.05) is 26.7 Å². The maximum absolute atomic E-state index is 13.4. The maximum atomic E-state index is 13.4. The van der Waals surface area contributed by atoms with Crippen molar-refractivity contribution in [1.82, 2.24) is 0 Å². The summed E-state index contributed by atoms with van der Waals surface area (Å²) in [4.78, 5) is 2.14. The Morgan fingerprint density at radius 2 is 2.40 bits per heavy atom. The Kier molecular flexibility index (Phi) is 3.06. The lowest BCUT2D eigenvalue weighted by Crippen LogP contribution is -2.36. The topological polar surface area (TPSA) is 24.5 Å². The molecule has 1 aliphatic rings. The molecule has 1 aromatic carbocycles. The first-order valence-electron chi connectivity index (χ1n) is 5.09. The number of nitrogens with one attached hydrogen (secondary N) is 1. The van der Waals surface area contributed by atoms with Crippen LogP contribution in [0.5, 0.6) is 0 Å². The highest BCUT2D eigenvalue weighted by molar-refractivity contribution is 5.72. The molecule has 1 aliphatic heterocycles. The zero-order chi connectivity index (χ0) is 10.7. The molecule has 0 amide bonds. The van der Waals surface area contributed by atoms with Crippen LogP contribution in [0.2, 0.25) is 0 Å². The van der Waals surface area contributed by atoms with Gasteiger partial charge in [0.1, 0.15) is 5.82 Å². The van der Waals surface area contributed by atoms with E-state index < -0.39 is 0 Å². The molecule has 0 aromatic heterocycles. The van der Waals surface area contributed by atoms with E-state index in [1.807, 2.05) is 6.07 Å². The fourth-order valence-electron chi connectivity index (χ4n) is 1.82. The standard InChI is InChI=1S/C11H15FN2O/c1-15-8-7-14-6-5-13-11-9(12)3-2-4-10(11)14/h2-4,13H,5-8H2,1H3. The molecule has 0 bridgehead atoms. The van der Waals surface area contributed by atoms with Crippen LogP contribution < -0.4 is 10.2 Å². The van der Waals surface area contributed by atoms with Crippen LogP contribution in [0.25, 0.3) is 0 Å². The summed E-state index contributed by atoms with van der Waals surface area (Å²) >= 11 is 0. The SMILES string of the molecule is COCCN1CCNc2c(F)cccc21. The van der Waals surface area contributed by atoms with Crippen molar-refractivity contribution in [3.63, 3.8) is 0 Å². The van der Waals surface area contributed by atoms with Crippen molar-refractivity contribution in [3.05, 3.63) is 24.0 Å². The average Bonchev–Trinajstić information content (AvgIpc) is 2.27. The zero-order valence-electron chi connectivity index (χ0n) is 8.79. The van der Waals surface area contributed by atoms with Crippen molar-refractivity contribution >= 4 is 11.4 Å². The Morgan fingerprint density at radius 3 is 3.20 bits per heavy atom. The van der Waals surface area contributed by atoms with Crippen molar-refractivity contribution in [2.45, 2.75) is 0 Å². The third-order valence-electron chi connectivity index (χ3n) is 2.58. The van der Waals surface area contributed by atoms with E-state index in [0.29, 0.717) is 12.3 Å². The number of halogens is 1. The second-order valence-corrected chi connectivity index (χ2v) is 3.54. The van der Waals surface area contributed by atoms with Gasteiger partial charge in [0.05, 0.1) is 18.0 Å². The number of fused-ring (bicyclic) bond motifs is 1. The zero-order valence-corrected chi connectivity index (χ0v) is 8.79. The Labute approximate surface area is 88.8 Å². The monoisotopic (exact) mass is 210 g/mol. The minimum Gasteiger partial charge on any atom is -0.383 e. The van der Waals surface area contributed by atoms with Gasteiger partial charge in [-0.05, 0) is 12.1 Å². The molecular formula is C11H15FN2O. The van der Waals surface area contributed by atoms with Gasteiger partial charge in [-0.1, -0.05) is 6.07 Å². The number of hydrogen-bond acceptors (Lipinski definition) is 3. The normalized spacial score (nSPS) is 14.7. The maximum Gasteiger partial charge on any atom is 0.148 e. The Balaban J connectivity index is 2.22. The molecule has 3 nitrogen and oxygen atoms in total. The first-order chi connectivity index (χ1) is 7.33. The number of nitrogens with zero attached hydrogens (tertiary/aromatic N) is 1. The highest BCUT2D eigenvalue weighted by atomic mass is 19.1. The van der Waals surface area contributed by atoms with E-state index in [1.165, 1.54) is 6.07 Å². The van der Waals surface area contributed by atoms with Crippen molar-refractivity contribution < 1.29 is 9.13 Å². The number of hydrogen-bond donors (Lipinski definition) is 1. The fourth-order valence-corrected chi connectivity index (χ4v) is 1.82. The lowest BCUT2D eigenvalue weighted by atomic mass is 10.2. The number of ether oxygens (including phenoxy) is 1. The third-order valence-corrected chi connectivity index (χ3v) is 2.58. The molecule has 0 saturated carbocycles. The Bertz CT molecular complexity index is 343. The minimum atomic E-state index is -0.186. The highest BCUT2D eigenvalue weighted by Gasteiger charge is 2.18. The summed E-state index contributed by atoms with van der Waals surface area (Å²) in [5.74, 6) is -0.186. The van der Waals surface area contributed by atoms with Gasteiger partial charge in [-0.2, -0.15) is 0 Å². The molecule has 0 unspecified atom stereocenters. The predicted octanol–water partition coefficient (Wildman–Crippen LogP) is 1.70. The van der Waals surface area contributed by atoms with E-state index in [0.717, 1.165) is 25.3 Å². The lowest BCUT2D eigenvalue weighted by Gasteiger charge is -2.31. The van der Waals surface area contributed by atoms with Crippen LogP contribution in [0, 0.1) is 5.82 Å². The van der Waals surface area contributed by atoms with Gasteiger partial charge in [0.15, 0.2) is 0 Å². The number of rotatable bonds is 3. The van der Waals surface area contributed by atoms with E-state index >= 15 is 0 Å². The lowest BCUT2D eigenvalue weighted by molar-refractivity contribution is 0.205. The molecule has 0 fully saturated rings. The molecule has 1 aromatic rings. The molecule has 0 aliphatic carbocycles. The molecule has 0 atom stereocenters. The van der Waals surface area contributed by atoms with Crippen LogP contribution in [0.15, 0.2) is 18.2 Å². The number of methoxy groups -OCH3 is 1. The summed E-state index contributed by atoms with van der Waals surface area (Å²) in [6.45, 7) is 3.13. The van der Waals surface area contributed by atoms with E-state index in [2.05, 4.69) is 10.2 Å². The van der Waals surface area contributed by atoms with Crippen LogP contribution in [0.3, 0.4) is 0 Å². The van der Waals surface area contributed by atoms with Crippen molar-refractivity contribution in [3.8, 4) is 0 Å². The molecule has 4 heteroatoms. The van der Waals surface area contributed by atoms with E-state index in [-0.39, 0.29) is 5.82 Å². The summed E-state index contributed by atoms with van der Waals surface area (Å²) in [5.41, 5.74) is 1.54. The molecule has 1 N–H and O–H groups in total. The van der Waals surface area contributed by atoms with Crippen molar-refractivity contribution in [2.75, 3.05) is 43.6 Å². The van der Waals surface area contributed by atoms with Crippen LogP contribution in [-0.2, 0) is 4.74 Å². The summed E-state index contributed by atoms with van der Waals surface area (Å²) in [7, 11) is 1.68. The van der Waals surface area contributed by atoms with Crippen molar-refractivity contribution in [1.29, 1.82) is 0 Å². The van der Waals surface area contributed by atoms with Gasteiger partial charge >= 0.3 is 0 Å². The second kappa shape index (κ2) is 4.49. The Hall–Kier alpha value is -1.29. The quantitative estimate of drug-likeness (QED) is 0.821. The van der Waals surface area contributed by atoms with Gasteiger partial charge in [-0.3, -0.25) is 0 Å². The summed E-state index contributed by atoms with van der Waals surface area (Å²) in [6.07, 6.45) is 0. The molecule has 0 saturated heterocycles. The molecule has 82 valence electrons. The fraction of sp³-hybridized carbons (Fsp3) is 0.455. The predicted molar refractivity (Wildman–Crippen MR) is 59.0 cm³/mol. The minimum absolute atomic E-state index is 0.186. The third kappa shape index (κ3) is 2.04. The molecule has 2 rings (SSSR count). The van der Waals surface area contributed by atoms with Crippen LogP contribution in [0.1, 0.15) is 0 Å². The summed E-state index contributed by atoms with van der Waals surface area (Å²) in [6, 6.07) is 5.15. The van der Waals surface area contributed by atoms with E-state index in [9.17, 15) is 4.39 Å². The molecule has 0 radical (unpaired) electrons. The number of para-hydroxylation sites is 1.